The highest BCUT2D eigenvalue weighted by atomic mass is 79.9. The average molecular weight is 279 g/mol. The van der Waals surface area contributed by atoms with Gasteiger partial charge < -0.3 is 10.5 Å². The fourth-order valence-corrected chi connectivity index (χ4v) is 1.84. The second-order valence-corrected chi connectivity index (χ2v) is 4.00. The van der Waals surface area contributed by atoms with E-state index in [-0.39, 0.29) is 10.6 Å². The second-order valence-electron chi connectivity index (χ2n) is 2.77. The highest BCUT2D eigenvalue weighted by molar-refractivity contribution is 9.10. The number of hydrogen-bond donors (Lipinski definition) is 1. The highest BCUT2D eigenvalue weighted by Gasteiger charge is 2.18. The Balaban J connectivity index is 3.47. The molecule has 0 heterocycles. The molecule has 0 saturated heterocycles. The SMILES string of the molecule is COC(=O)c1c(N)c(C)cc(Br)c1Cl. The molecule has 5 heteroatoms. The maximum Gasteiger partial charge on any atom is 0.341 e. The number of nitrogen functional groups attached to an aromatic ring is 1. The quantitative estimate of drug-likeness (QED) is 0.635. The monoisotopic (exact) mass is 277 g/mol. The zero-order chi connectivity index (χ0) is 10.9. The summed E-state index contributed by atoms with van der Waals surface area (Å²) in [4.78, 5) is 11.4. The maximum atomic E-state index is 11.4. The second kappa shape index (κ2) is 4.19. The third-order valence-electron chi connectivity index (χ3n) is 1.86. The van der Waals surface area contributed by atoms with Crippen LogP contribution in [0.4, 0.5) is 5.69 Å². The maximum absolute atomic E-state index is 11.4. The summed E-state index contributed by atoms with van der Waals surface area (Å²) in [5.41, 5.74) is 7.06. The van der Waals surface area contributed by atoms with Crippen LogP contribution < -0.4 is 5.73 Å². The van der Waals surface area contributed by atoms with Crippen LogP contribution in [0.3, 0.4) is 0 Å². The van der Waals surface area contributed by atoms with Gasteiger partial charge in [0.1, 0.15) is 5.56 Å². The molecule has 0 aliphatic heterocycles. The molecule has 1 aromatic carbocycles. The fourth-order valence-electron chi connectivity index (χ4n) is 1.07. The normalized spacial score (nSPS) is 10.0. The van der Waals surface area contributed by atoms with E-state index in [4.69, 9.17) is 17.3 Å². The van der Waals surface area contributed by atoms with Crippen molar-refractivity contribution in [3.8, 4) is 0 Å². The number of esters is 1. The first-order valence-corrected chi connectivity index (χ1v) is 4.98. The van der Waals surface area contributed by atoms with Crippen molar-refractivity contribution >= 4 is 39.2 Å². The Hall–Kier alpha value is -0.740. The molecular formula is C9H9BrClNO2. The van der Waals surface area contributed by atoms with Crippen LogP contribution in [0.5, 0.6) is 0 Å². The summed E-state index contributed by atoms with van der Waals surface area (Å²) >= 11 is 9.15. The Morgan fingerprint density at radius 1 is 1.64 bits per heavy atom. The van der Waals surface area contributed by atoms with E-state index in [2.05, 4.69) is 20.7 Å². The number of aryl methyl sites for hydroxylation is 1. The Morgan fingerprint density at radius 2 is 2.21 bits per heavy atom. The summed E-state index contributed by atoms with van der Waals surface area (Å²) in [6, 6.07) is 1.75. The van der Waals surface area contributed by atoms with E-state index in [9.17, 15) is 4.79 Å². The van der Waals surface area contributed by atoms with E-state index in [0.717, 1.165) is 5.56 Å². The molecule has 0 aromatic heterocycles. The van der Waals surface area contributed by atoms with Crippen molar-refractivity contribution in [2.24, 2.45) is 0 Å². The molecule has 76 valence electrons. The molecule has 0 aliphatic rings. The van der Waals surface area contributed by atoms with Gasteiger partial charge in [0, 0.05) is 4.47 Å². The van der Waals surface area contributed by atoms with E-state index in [1.54, 1.807) is 13.0 Å². The van der Waals surface area contributed by atoms with Crippen LogP contribution in [0, 0.1) is 6.92 Å². The van der Waals surface area contributed by atoms with Crippen molar-refractivity contribution in [3.63, 3.8) is 0 Å². The number of ether oxygens (including phenoxy) is 1. The number of nitrogens with two attached hydrogens (primary N) is 1. The topological polar surface area (TPSA) is 52.3 Å². The first kappa shape index (κ1) is 11.3. The van der Waals surface area contributed by atoms with E-state index in [1.807, 2.05) is 0 Å². The molecule has 0 radical (unpaired) electrons. The minimum atomic E-state index is -0.531. The number of anilines is 1. The summed E-state index contributed by atoms with van der Waals surface area (Å²) in [6.45, 7) is 1.79. The van der Waals surface area contributed by atoms with Crippen molar-refractivity contribution in [1.82, 2.24) is 0 Å². The number of carbonyl (C=O) groups is 1. The van der Waals surface area contributed by atoms with Crippen LogP contribution in [0.2, 0.25) is 5.02 Å². The molecule has 0 atom stereocenters. The number of rotatable bonds is 1. The van der Waals surface area contributed by atoms with Crippen molar-refractivity contribution in [2.45, 2.75) is 6.92 Å². The van der Waals surface area contributed by atoms with Crippen molar-refractivity contribution < 1.29 is 9.53 Å². The zero-order valence-corrected chi connectivity index (χ0v) is 10.1. The van der Waals surface area contributed by atoms with Gasteiger partial charge in [0.2, 0.25) is 0 Å². The van der Waals surface area contributed by atoms with Gasteiger partial charge in [0.25, 0.3) is 0 Å². The molecule has 0 bridgehead atoms. The van der Waals surface area contributed by atoms with E-state index >= 15 is 0 Å². The number of halogens is 2. The van der Waals surface area contributed by atoms with Crippen LogP contribution >= 0.6 is 27.5 Å². The Morgan fingerprint density at radius 3 is 2.71 bits per heavy atom. The summed E-state index contributed by atoms with van der Waals surface area (Å²) in [5.74, 6) is -0.531. The number of carbonyl (C=O) groups excluding carboxylic acids is 1. The van der Waals surface area contributed by atoms with Gasteiger partial charge in [-0.3, -0.25) is 0 Å². The Kier molecular flexibility index (Phi) is 3.39. The van der Waals surface area contributed by atoms with Gasteiger partial charge in [-0.15, -0.1) is 0 Å². The standard InChI is InChI=1S/C9H9BrClNO2/c1-4-3-5(10)7(11)6(8(4)12)9(13)14-2/h3H,12H2,1-2H3. The van der Waals surface area contributed by atoms with Crippen molar-refractivity contribution in [1.29, 1.82) is 0 Å². The van der Waals surface area contributed by atoms with Crippen LogP contribution in [0.1, 0.15) is 15.9 Å². The third-order valence-corrected chi connectivity index (χ3v) is 3.10. The Labute approximate surface area is 95.3 Å². The van der Waals surface area contributed by atoms with Gasteiger partial charge in [-0.25, -0.2) is 4.79 Å². The van der Waals surface area contributed by atoms with Gasteiger partial charge in [-0.05, 0) is 34.5 Å². The van der Waals surface area contributed by atoms with E-state index in [1.165, 1.54) is 7.11 Å². The van der Waals surface area contributed by atoms with Crippen LogP contribution in [0.25, 0.3) is 0 Å². The predicted molar refractivity (Wildman–Crippen MR) is 59.6 cm³/mol. The number of methoxy groups -OCH3 is 1. The number of benzene rings is 1. The van der Waals surface area contributed by atoms with Gasteiger partial charge in [0.15, 0.2) is 0 Å². The molecule has 2 N–H and O–H groups in total. The average Bonchev–Trinajstić information content (AvgIpc) is 2.15. The molecule has 0 saturated carbocycles. The highest BCUT2D eigenvalue weighted by Crippen LogP contribution is 2.33. The lowest BCUT2D eigenvalue weighted by Gasteiger charge is -2.10. The Bertz CT molecular complexity index is 367. The van der Waals surface area contributed by atoms with E-state index < -0.39 is 5.97 Å². The predicted octanol–water partition coefficient (Wildman–Crippen LogP) is 2.78. The zero-order valence-electron chi connectivity index (χ0n) is 7.73. The lowest BCUT2D eigenvalue weighted by Crippen LogP contribution is -2.08. The molecule has 3 nitrogen and oxygen atoms in total. The lowest BCUT2D eigenvalue weighted by molar-refractivity contribution is 0.0602. The third kappa shape index (κ3) is 1.86. The molecule has 1 rings (SSSR count). The molecule has 0 unspecified atom stereocenters. The number of hydrogen-bond acceptors (Lipinski definition) is 3. The summed E-state index contributed by atoms with van der Waals surface area (Å²) in [5, 5.41) is 0.278. The van der Waals surface area contributed by atoms with E-state index in [0.29, 0.717) is 10.2 Å². The molecular weight excluding hydrogens is 269 g/mol. The smallest absolute Gasteiger partial charge is 0.341 e. The van der Waals surface area contributed by atoms with Gasteiger partial charge in [-0.1, -0.05) is 11.6 Å². The first-order chi connectivity index (χ1) is 6.49. The fraction of sp³-hybridized carbons (Fsp3) is 0.222. The molecule has 0 aliphatic carbocycles. The molecule has 14 heavy (non-hydrogen) atoms. The molecule has 0 fully saturated rings. The summed E-state index contributed by atoms with van der Waals surface area (Å²) < 4.78 is 5.21. The van der Waals surface area contributed by atoms with Crippen molar-refractivity contribution in [2.75, 3.05) is 12.8 Å². The lowest BCUT2D eigenvalue weighted by atomic mass is 10.1. The van der Waals surface area contributed by atoms with Crippen molar-refractivity contribution in [3.05, 3.63) is 26.7 Å². The molecule has 0 spiro atoms. The van der Waals surface area contributed by atoms with Crippen LogP contribution in [0.15, 0.2) is 10.5 Å². The summed E-state index contributed by atoms with van der Waals surface area (Å²) in [6.07, 6.45) is 0. The largest absolute Gasteiger partial charge is 0.465 e. The van der Waals surface area contributed by atoms with Crippen LogP contribution in [-0.2, 0) is 4.74 Å². The van der Waals surface area contributed by atoms with Crippen LogP contribution in [-0.4, -0.2) is 13.1 Å². The molecule has 0 amide bonds. The van der Waals surface area contributed by atoms with Gasteiger partial charge in [0.05, 0.1) is 17.8 Å². The minimum absolute atomic E-state index is 0.209. The summed E-state index contributed by atoms with van der Waals surface area (Å²) in [7, 11) is 1.29. The van der Waals surface area contributed by atoms with Gasteiger partial charge in [-0.2, -0.15) is 0 Å². The minimum Gasteiger partial charge on any atom is -0.465 e. The first-order valence-electron chi connectivity index (χ1n) is 3.81. The molecule has 1 aromatic rings. The van der Waals surface area contributed by atoms with Gasteiger partial charge >= 0.3 is 5.97 Å².